The molecule has 0 saturated carbocycles. The smallest absolute Gasteiger partial charge is 0.294 e. The lowest BCUT2D eigenvalue weighted by molar-refractivity contribution is 0.375. The van der Waals surface area contributed by atoms with Gasteiger partial charge in [-0.3, -0.25) is 9.55 Å². The van der Waals surface area contributed by atoms with E-state index in [1.165, 1.54) is 12.1 Å². The van der Waals surface area contributed by atoms with Crippen LogP contribution in [0.25, 0.3) is 0 Å². The van der Waals surface area contributed by atoms with E-state index in [2.05, 4.69) is 11.1 Å². The fourth-order valence-corrected chi connectivity index (χ4v) is 3.22. The Morgan fingerprint density at radius 3 is 2.85 bits per heavy atom. The molecule has 2 aromatic rings. The van der Waals surface area contributed by atoms with Crippen LogP contribution in [0.15, 0.2) is 52.4 Å². The van der Waals surface area contributed by atoms with Gasteiger partial charge in [-0.2, -0.15) is 13.7 Å². The van der Waals surface area contributed by atoms with Crippen molar-refractivity contribution in [1.29, 1.82) is 5.26 Å². The highest BCUT2D eigenvalue weighted by Gasteiger charge is 2.22. The van der Waals surface area contributed by atoms with Crippen molar-refractivity contribution in [2.75, 3.05) is 24.6 Å². The lowest BCUT2D eigenvalue weighted by Gasteiger charge is -2.23. The van der Waals surface area contributed by atoms with E-state index >= 15 is 0 Å². The van der Waals surface area contributed by atoms with Gasteiger partial charge in [0, 0.05) is 12.2 Å². The molecule has 0 radical (unpaired) electrons. The number of amidine groups is 1. The minimum absolute atomic E-state index is 0.160. The molecule has 0 bridgehead atoms. The molecule has 1 heterocycles. The van der Waals surface area contributed by atoms with E-state index in [1.807, 2.05) is 11.8 Å². The Kier molecular flexibility index (Phi) is 4.93. The molecular weight excluding hydrogens is 354 g/mol. The molecule has 2 aromatic carbocycles. The van der Waals surface area contributed by atoms with E-state index in [1.54, 1.807) is 30.3 Å². The van der Waals surface area contributed by atoms with E-state index in [-0.39, 0.29) is 11.5 Å². The minimum Gasteiger partial charge on any atom is -0.486 e. The predicted molar refractivity (Wildman–Crippen MR) is 97.3 cm³/mol. The summed E-state index contributed by atoms with van der Waals surface area (Å²) in [6.45, 7) is 3.19. The fraction of sp³-hybridized carbons (Fsp3) is 0.222. The Balaban J connectivity index is 1.81. The van der Waals surface area contributed by atoms with Crippen LogP contribution in [0.1, 0.15) is 11.1 Å². The Hall–Kier alpha value is -2.89. The third-order valence-corrected chi connectivity index (χ3v) is 4.88. The molecule has 0 aromatic heterocycles. The molecular formula is C18H17N3O4S. The minimum atomic E-state index is -4.28. The van der Waals surface area contributed by atoms with Crippen LogP contribution < -0.4 is 9.64 Å². The van der Waals surface area contributed by atoms with Crippen LogP contribution in [0.3, 0.4) is 0 Å². The van der Waals surface area contributed by atoms with Gasteiger partial charge in [-0.1, -0.05) is 12.1 Å². The van der Waals surface area contributed by atoms with Gasteiger partial charge in [0.15, 0.2) is 0 Å². The Labute approximate surface area is 151 Å². The number of nitrogens with zero attached hydrogens (tertiary/aromatic N) is 3. The first-order valence-corrected chi connectivity index (χ1v) is 9.34. The van der Waals surface area contributed by atoms with Crippen molar-refractivity contribution in [1.82, 2.24) is 0 Å². The molecule has 0 saturated heterocycles. The standard InChI is InChI=1S/C18H17N3O4S/c1-13-5-6-16(26(22,23)24)10-17(13)21-8-7-20-18(21)12-25-15-4-2-3-14(9-15)11-19/h2-6,9-10H,7-8,12H2,1H3,(H,22,23,24). The first-order chi connectivity index (χ1) is 12.4. The molecule has 26 heavy (non-hydrogen) atoms. The number of hydrogen-bond acceptors (Lipinski definition) is 6. The third kappa shape index (κ3) is 3.85. The average Bonchev–Trinajstić information content (AvgIpc) is 3.08. The maximum atomic E-state index is 11.4. The molecule has 8 heteroatoms. The monoisotopic (exact) mass is 371 g/mol. The highest BCUT2D eigenvalue weighted by Crippen LogP contribution is 2.26. The number of ether oxygens (including phenoxy) is 1. The van der Waals surface area contributed by atoms with Gasteiger partial charge in [0.1, 0.15) is 18.2 Å². The summed E-state index contributed by atoms with van der Waals surface area (Å²) < 4.78 is 37.9. The molecule has 134 valence electrons. The summed E-state index contributed by atoms with van der Waals surface area (Å²) in [5.41, 5.74) is 2.02. The van der Waals surface area contributed by atoms with Crippen LogP contribution in [0.5, 0.6) is 5.75 Å². The van der Waals surface area contributed by atoms with Gasteiger partial charge >= 0.3 is 0 Å². The van der Waals surface area contributed by atoms with E-state index in [0.717, 1.165) is 5.56 Å². The van der Waals surface area contributed by atoms with Crippen molar-refractivity contribution in [3.8, 4) is 11.8 Å². The quantitative estimate of drug-likeness (QED) is 0.810. The SMILES string of the molecule is Cc1ccc(S(=O)(=O)O)cc1N1CCN=C1COc1cccc(C#N)c1. The van der Waals surface area contributed by atoms with Crippen LogP contribution in [-0.4, -0.2) is 38.5 Å². The van der Waals surface area contributed by atoms with Crippen molar-refractivity contribution < 1.29 is 17.7 Å². The molecule has 7 nitrogen and oxygen atoms in total. The van der Waals surface area contributed by atoms with E-state index in [9.17, 15) is 13.0 Å². The summed E-state index contributed by atoms with van der Waals surface area (Å²) in [5.74, 6) is 1.21. The van der Waals surface area contributed by atoms with E-state index < -0.39 is 10.1 Å². The predicted octanol–water partition coefficient (Wildman–Crippen LogP) is 2.41. The number of hydrogen-bond donors (Lipinski definition) is 1. The molecule has 0 amide bonds. The van der Waals surface area contributed by atoms with Crippen LogP contribution in [0.4, 0.5) is 5.69 Å². The largest absolute Gasteiger partial charge is 0.486 e. The Bertz CT molecular complexity index is 1010. The van der Waals surface area contributed by atoms with E-state index in [0.29, 0.717) is 35.9 Å². The molecule has 1 N–H and O–H groups in total. The van der Waals surface area contributed by atoms with Crippen LogP contribution in [-0.2, 0) is 10.1 Å². The summed E-state index contributed by atoms with van der Waals surface area (Å²) in [6.07, 6.45) is 0. The third-order valence-electron chi connectivity index (χ3n) is 4.03. The molecule has 0 spiro atoms. The van der Waals surface area contributed by atoms with Crippen LogP contribution >= 0.6 is 0 Å². The number of benzene rings is 2. The van der Waals surface area contributed by atoms with Crippen molar-refractivity contribution >= 4 is 21.6 Å². The molecule has 0 atom stereocenters. The molecule has 0 fully saturated rings. The first kappa shape index (κ1) is 17.9. The second kappa shape index (κ2) is 7.15. The molecule has 0 unspecified atom stereocenters. The number of rotatable bonds is 5. The van der Waals surface area contributed by atoms with Gasteiger partial charge in [-0.15, -0.1) is 0 Å². The maximum Gasteiger partial charge on any atom is 0.294 e. The van der Waals surface area contributed by atoms with Crippen molar-refractivity contribution in [2.45, 2.75) is 11.8 Å². The lowest BCUT2D eigenvalue weighted by Crippen LogP contribution is -2.32. The number of aliphatic imine (C=N–C) groups is 1. The van der Waals surface area contributed by atoms with Crippen LogP contribution in [0, 0.1) is 18.3 Å². The van der Waals surface area contributed by atoms with Crippen molar-refractivity contribution in [3.05, 3.63) is 53.6 Å². The maximum absolute atomic E-state index is 11.4. The molecule has 1 aliphatic rings. The fourth-order valence-electron chi connectivity index (χ4n) is 2.72. The number of anilines is 1. The highest BCUT2D eigenvalue weighted by atomic mass is 32.2. The van der Waals surface area contributed by atoms with E-state index in [4.69, 9.17) is 10.00 Å². The van der Waals surface area contributed by atoms with Gasteiger partial charge < -0.3 is 9.64 Å². The second-order valence-electron chi connectivity index (χ2n) is 5.80. The highest BCUT2D eigenvalue weighted by molar-refractivity contribution is 7.85. The van der Waals surface area contributed by atoms with Crippen molar-refractivity contribution in [2.24, 2.45) is 4.99 Å². The summed E-state index contributed by atoms with van der Waals surface area (Å²) >= 11 is 0. The molecule has 0 aliphatic carbocycles. The number of nitriles is 1. The Morgan fingerprint density at radius 1 is 1.31 bits per heavy atom. The zero-order chi connectivity index (χ0) is 18.7. The Morgan fingerprint density at radius 2 is 2.12 bits per heavy atom. The normalized spacial score (nSPS) is 14.0. The van der Waals surface area contributed by atoms with Gasteiger partial charge in [0.25, 0.3) is 10.1 Å². The van der Waals surface area contributed by atoms with Gasteiger partial charge in [-0.25, -0.2) is 0 Å². The van der Waals surface area contributed by atoms with Gasteiger partial charge in [0.05, 0.1) is 23.1 Å². The summed E-state index contributed by atoms with van der Waals surface area (Å²) in [5, 5.41) is 8.95. The summed E-state index contributed by atoms with van der Waals surface area (Å²) in [7, 11) is -4.28. The van der Waals surface area contributed by atoms with Gasteiger partial charge in [0.2, 0.25) is 0 Å². The second-order valence-corrected chi connectivity index (χ2v) is 7.22. The van der Waals surface area contributed by atoms with Crippen LogP contribution in [0.2, 0.25) is 0 Å². The topological polar surface area (TPSA) is 103 Å². The van der Waals surface area contributed by atoms with Gasteiger partial charge in [-0.05, 0) is 42.8 Å². The van der Waals surface area contributed by atoms with Crippen molar-refractivity contribution in [3.63, 3.8) is 0 Å². The number of aryl methyl sites for hydroxylation is 1. The summed E-state index contributed by atoms with van der Waals surface area (Å²) in [6, 6.07) is 13.3. The molecule has 3 rings (SSSR count). The zero-order valence-electron chi connectivity index (χ0n) is 14.1. The molecule has 1 aliphatic heterocycles. The summed E-state index contributed by atoms with van der Waals surface area (Å²) in [4.78, 5) is 6.14. The lowest BCUT2D eigenvalue weighted by atomic mass is 10.2. The average molecular weight is 371 g/mol. The zero-order valence-corrected chi connectivity index (χ0v) is 14.9. The first-order valence-electron chi connectivity index (χ1n) is 7.90.